The first-order valence-electron chi connectivity index (χ1n) is 8.15. The maximum atomic E-state index is 11.7. The van der Waals surface area contributed by atoms with Gasteiger partial charge in [0.2, 0.25) is 5.91 Å². The number of carbonyl (C=O) groups is 1. The number of nitrogens with one attached hydrogen (secondary N) is 1. The third-order valence-electron chi connectivity index (χ3n) is 3.93. The Balaban J connectivity index is 2.01. The van der Waals surface area contributed by atoms with Gasteiger partial charge in [0.1, 0.15) is 11.0 Å². The monoisotopic (exact) mass is 356 g/mol. The van der Waals surface area contributed by atoms with Crippen LogP contribution in [0.1, 0.15) is 46.0 Å². The lowest BCUT2D eigenvalue weighted by atomic mass is 9.94. The van der Waals surface area contributed by atoms with Crippen molar-refractivity contribution in [2.75, 3.05) is 17.7 Å². The molecule has 1 aliphatic rings. The van der Waals surface area contributed by atoms with Crippen molar-refractivity contribution in [1.29, 1.82) is 0 Å². The fourth-order valence-electron chi connectivity index (χ4n) is 2.78. The fraction of sp³-hybridized carbons (Fsp3) is 0.688. The molecule has 1 heterocycles. The second-order valence-corrected chi connectivity index (χ2v) is 7.57. The van der Waals surface area contributed by atoms with E-state index in [1.165, 1.54) is 43.9 Å². The van der Waals surface area contributed by atoms with Crippen LogP contribution < -0.4 is 10.2 Å². The van der Waals surface area contributed by atoms with Gasteiger partial charge in [0.05, 0.1) is 5.75 Å². The zero-order chi connectivity index (χ0) is 16.8. The van der Waals surface area contributed by atoms with E-state index in [9.17, 15) is 4.79 Å². The quantitative estimate of drug-likeness (QED) is 0.480. The molecule has 1 aromatic rings. The molecule has 2 rings (SSSR count). The van der Waals surface area contributed by atoms with Gasteiger partial charge >= 0.3 is 0 Å². The average molecular weight is 357 g/mol. The standard InChI is InChI=1S/C16H25ClN4OS/c1-11(2)18-15(22)10-23-16-19-13(17)9-14(20-16)21(3)12-7-5-4-6-8-12/h9,11-12H,4-8,10H2,1-3H3,(H,18,22). The molecule has 1 saturated carbocycles. The summed E-state index contributed by atoms with van der Waals surface area (Å²) in [6, 6.07) is 2.45. The normalized spacial score (nSPS) is 15.7. The molecular formula is C16H25ClN4OS. The van der Waals surface area contributed by atoms with Crippen molar-refractivity contribution < 1.29 is 4.79 Å². The molecule has 0 aromatic carbocycles. The van der Waals surface area contributed by atoms with Crippen LogP contribution in [0.5, 0.6) is 0 Å². The first-order valence-corrected chi connectivity index (χ1v) is 9.51. The topological polar surface area (TPSA) is 58.1 Å². The highest BCUT2D eigenvalue weighted by Gasteiger charge is 2.20. The zero-order valence-electron chi connectivity index (χ0n) is 14.0. The van der Waals surface area contributed by atoms with Crippen molar-refractivity contribution in [2.24, 2.45) is 0 Å². The second-order valence-electron chi connectivity index (χ2n) is 6.25. The minimum atomic E-state index is -0.0178. The minimum absolute atomic E-state index is 0.0178. The summed E-state index contributed by atoms with van der Waals surface area (Å²) in [5, 5.41) is 3.83. The van der Waals surface area contributed by atoms with Crippen LogP contribution in [-0.2, 0) is 4.79 Å². The highest BCUT2D eigenvalue weighted by molar-refractivity contribution is 7.99. The molecule has 1 fully saturated rings. The first kappa shape index (κ1) is 18.3. The molecule has 128 valence electrons. The summed E-state index contributed by atoms with van der Waals surface area (Å²) >= 11 is 7.46. The van der Waals surface area contributed by atoms with Gasteiger partial charge in [-0.2, -0.15) is 0 Å². The largest absolute Gasteiger partial charge is 0.357 e. The zero-order valence-corrected chi connectivity index (χ0v) is 15.6. The van der Waals surface area contributed by atoms with E-state index in [0.29, 0.717) is 22.1 Å². The van der Waals surface area contributed by atoms with Crippen molar-refractivity contribution >= 4 is 35.1 Å². The molecule has 1 N–H and O–H groups in total. The lowest BCUT2D eigenvalue weighted by molar-refractivity contribution is -0.119. The summed E-state index contributed by atoms with van der Waals surface area (Å²) in [5.41, 5.74) is 0. The van der Waals surface area contributed by atoms with Crippen molar-refractivity contribution in [1.82, 2.24) is 15.3 Å². The summed E-state index contributed by atoms with van der Waals surface area (Å²) < 4.78 is 0. The van der Waals surface area contributed by atoms with E-state index in [1.54, 1.807) is 6.07 Å². The lowest BCUT2D eigenvalue weighted by Crippen LogP contribution is -2.34. The van der Waals surface area contributed by atoms with E-state index in [4.69, 9.17) is 11.6 Å². The number of hydrogen-bond donors (Lipinski definition) is 1. The van der Waals surface area contributed by atoms with Gasteiger partial charge in [0.25, 0.3) is 0 Å². The maximum Gasteiger partial charge on any atom is 0.230 e. The molecule has 0 bridgehead atoms. The third kappa shape index (κ3) is 5.84. The van der Waals surface area contributed by atoms with Crippen LogP contribution in [0.2, 0.25) is 5.15 Å². The molecule has 0 atom stereocenters. The van der Waals surface area contributed by atoms with Gasteiger partial charge in [-0.3, -0.25) is 4.79 Å². The van der Waals surface area contributed by atoms with E-state index in [2.05, 4.69) is 27.2 Å². The molecule has 0 unspecified atom stereocenters. The molecule has 1 amide bonds. The Labute approximate surface area is 147 Å². The Bertz CT molecular complexity index is 535. The van der Waals surface area contributed by atoms with E-state index >= 15 is 0 Å². The summed E-state index contributed by atoms with van der Waals surface area (Å²) in [6.07, 6.45) is 6.24. The Hall–Kier alpha value is -1.01. The van der Waals surface area contributed by atoms with Crippen LogP contribution in [0, 0.1) is 0 Å². The minimum Gasteiger partial charge on any atom is -0.357 e. The molecule has 1 aromatic heterocycles. The van der Waals surface area contributed by atoms with Crippen molar-refractivity contribution in [2.45, 2.75) is 63.2 Å². The summed E-state index contributed by atoms with van der Waals surface area (Å²) in [6.45, 7) is 3.88. The number of hydrogen-bond acceptors (Lipinski definition) is 5. The lowest BCUT2D eigenvalue weighted by Gasteiger charge is -2.32. The number of rotatable bonds is 6. The summed E-state index contributed by atoms with van der Waals surface area (Å²) in [7, 11) is 2.06. The Morgan fingerprint density at radius 2 is 2.09 bits per heavy atom. The Morgan fingerprint density at radius 1 is 1.39 bits per heavy atom. The maximum absolute atomic E-state index is 11.7. The van der Waals surface area contributed by atoms with Crippen molar-refractivity contribution in [3.05, 3.63) is 11.2 Å². The van der Waals surface area contributed by atoms with Gasteiger partial charge in [-0.05, 0) is 26.7 Å². The fourth-order valence-corrected chi connectivity index (χ4v) is 3.67. The number of nitrogens with zero attached hydrogens (tertiary/aromatic N) is 3. The van der Waals surface area contributed by atoms with Gasteiger partial charge in [-0.1, -0.05) is 42.6 Å². The van der Waals surface area contributed by atoms with Gasteiger partial charge in [0.15, 0.2) is 5.16 Å². The molecule has 0 radical (unpaired) electrons. The van der Waals surface area contributed by atoms with Gasteiger partial charge in [0, 0.05) is 25.2 Å². The highest BCUT2D eigenvalue weighted by Crippen LogP contribution is 2.27. The number of thioether (sulfide) groups is 1. The predicted molar refractivity (Wildman–Crippen MR) is 96.3 cm³/mol. The van der Waals surface area contributed by atoms with Gasteiger partial charge < -0.3 is 10.2 Å². The van der Waals surface area contributed by atoms with E-state index in [-0.39, 0.29) is 11.9 Å². The summed E-state index contributed by atoms with van der Waals surface area (Å²) in [5.74, 6) is 1.12. The van der Waals surface area contributed by atoms with Gasteiger partial charge in [-0.15, -0.1) is 0 Å². The Kier molecular flexibility index (Phi) is 6.96. The number of carbonyl (C=O) groups excluding carboxylic acids is 1. The molecule has 7 heteroatoms. The second kappa shape index (κ2) is 8.73. The molecule has 0 saturated heterocycles. The average Bonchev–Trinajstić information content (AvgIpc) is 2.52. The van der Waals surface area contributed by atoms with Crippen LogP contribution in [-0.4, -0.2) is 40.8 Å². The molecule has 0 aliphatic heterocycles. The van der Waals surface area contributed by atoms with E-state index in [0.717, 1.165) is 5.82 Å². The highest BCUT2D eigenvalue weighted by atomic mass is 35.5. The molecule has 5 nitrogen and oxygen atoms in total. The van der Waals surface area contributed by atoms with Crippen LogP contribution in [0.4, 0.5) is 5.82 Å². The predicted octanol–water partition coefficient (Wildman–Crippen LogP) is 3.52. The van der Waals surface area contributed by atoms with Crippen LogP contribution in [0.25, 0.3) is 0 Å². The van der Waals surface area contributed by atoms with Crippen LogP contribution in [0.3, 0.4) is 0 Å². The number of aromatic nitrogens is 2. The van der Waals surface area contributed by atoms with Crippen molar-refractivity contribution in [3.63, 3.8) is 0 Å². The molecule has 23 heavy (non-hydrogen) atoms. The Morgan fingerprint density at radius 3 is 2.74 bits per heavy atom. The SMILES string of the molecule is CC(C)NC(=O)CSc1nc(Cl)cc(N(C)C2CCCCC2)n1. The smallest absolute Gasteiger partial charge is 0.230 e. The molecule has 1 aliphatic carbocycles. The first-order chi connectivity index (χ1) is 11.0. The van der Waals surface area contributed by atoms with Gasteiger partial charge in [-0.25, -0.2) is 9.97 Å². The van der Waals surface area contributed by atoms with Crippen LogP contribution >= 0.6 is 23.4 Å². The van der Waals surface area contributed by atoms with E-state index in [1.807, 2.05) is 13.8 Å². The summed E-state index contributed by atoms with van der Waals surface area (Å²) in [4.78, 5) is 22.7. The van der Waals surface area contributed by atoms with E-state index < -0.39 is 0 Å². The number of amides is 1. The van der Waals surface area contributed by atoms with Crippen molar-refractivity contribution in [3.8, 4) is 0 Å². The number of anilines is 1. The molecule has 0 spiro atoms. The van der Waals surface area contributed by atoms with Crippen LogP contribution in [0.15, 0.2) is 11.2 Å². The number of halogens is 1. The third-order valence-corrected chi connectivity index (χ3v) is 4.97. The molecular weight excluding hydrogens is 332 g/mol.